The van der Waals surface area contributed by atoms with Crippen LogP contribution in [0.4, 0.5) is 0 Å². The molecule has 146 valence electrons. The van der Waals surface area contributed by atoms with Gasteiger partial charge in [-0.15, -0.1) is 0 Å². The van der Waals surface area contributed by atoms with Gasteiger partial charge in [0.05, 0.1) is 19.2 Å². The average Bonchev–Trinajstić information content (AvgIpc) is 3.21. The van der Waals surface area contributed by atoms with Gasteiger partial charge in [0, 0.05) is 26.0 Å². The van der Waals surface area contributed by atoms with Crippen LogP contribution < -0.4 is 11.2 Å². The molecule has 0 spiro atoms. The van der Waals surface area contributed by atoms with Crippen LogP contribution in [0.3, 0.4) is 0 Å². The van der Waals surface area contributed by atoms with E-state index in [0.29, 0.717) is 16.9 Å². The van der Waals surface area contributed by atoms with Gasteiger partial charge in [0.15, 0.2) is 11.2 Å². The minimum atomic E-state index is -0.394. The summed E-state index contributed by atoms with van der Waals surface area (Å²) in [5.74, 6) is 0.639. The van der Waals surface area contributed by atoms with Crippen molar-refractivity contribution in [3.63, 3.8) is 0 Å². The molecule has 4 aromatic rings. The second-order valence-electron chi connectivity index (χ2n) is 6.97. The Hall–Kier alpha value is -3.13. The molecule has 0 radical (unpaired) electrons. The molecule has 8 heteroatoms. The van der Waals surface area contributed by atoms with Gasteiger partial charge in [0.25, 0.3) is 5.56 Å². The molecule has 0 unspecified atom stereocenters. The number of nitrogens with zero attached hydrogens (tertiary/aromatic N) is 5. The summed E-state index contributed by atoms with van der Waals surface area (Å²) >= 11 is 0. The van der Waals surface area contributed by atoms with Crippen LogP contribution in [-0.2, 0) is 18.3 Å². The van der Waals surface area contributed by atoms with E-state index in [9.17, 15) is 9.59 Å². The van der Waals surface area contributed by atoms with Crippen molar-refractivity contribution in [1.82, 2.24) is 23.1 Å². The quantitative estimate of drug-likeness (QED) is 0.527. The predicted octanol–water partition coefficient (Wildman–Crippen LogP) is 1.71. The zero-order valence-electron chi connectivity index (χ0n) is 16.4. The molecule has 0 aliphatic carbocycles. The summed E-state index contributed by atoms with van der Waals surface area (Å²) in [7, 11) is 3.18. The van der Waals surface area contributed by atoms with Crippen LogP contribution in [-0.4, -0.2) is 36.8 Å². The highest BCUT2D eigenvalue weighted by atomic mass is 16.5. The Morgan fingerprint density at radius 2 is 1.89 bits per heavy atom. The van der Waals surface area contributed by atoms with Gasteiger partial charge in [-0.3, -0.25) is 18.3 Å². The maximum Gasteiger partial charge on any atom is 0.332 e. The predicted molar refractivity (Wildman–Crippen MR) is 107 cm³/mol. The lowest BCUT2D eigenvalue weighted by Gasteiger charge is -2.16. The van der Waals surface area contributed by atoms with Gasteiger partial charge in [-0.25, -0.2) is 4.79 Å². The SMILES string of the molecule is COCCn1c(=O)c2c(nc3n([C@H](C)c4ccccc4)c(C)cn23)n(C)c1=O. The Morgan fingerprint density at radius 3 is 2.57 bits per heavy atom. The topological polar surface area (TPSA) is 75.5 Å². The van der Waals surface area contributed by atoms with Crippen molar-refractivity contribution in [2.75, 3.05) is 13.7 Å². The molecular weight excluding hydrogens is 358 g/mol. The highest BCUT2D eigenvalue weighted by molar-refractivity contribution is 5.75. The Morgan fingerprint density at radius 1 is 1.18 bits per heavy atom. The van der Waals surface area contributed by atoms with Gasteiger partial charge in [0.1, 0.15) is 0 Å². The standard InChI is InChI=1S/C20H23N5O3/c1-13-12-24-16-17(22(3)20(27)23(18(16)26)10-11-28-4)21-19(24)25(13)14(2)15-8-6-5-7-9-15/h5-9,12,14H,10-11H2,1-4H3/t14-/m1/s1. The Labute approximate surface area is 161 Å². The van der Waals surface area contributed by atoms with Gasteiger partial charge in [-0.1, -0.05) is 30.3 Å². The van der Waals surface area contributed by atoms with Crippen molar-refractivity contribution in [2.24, 2.45) is 7.05 Å². The molecule has 0 N–H and O–H groups in total. The largest absolute Gasteiger partial charge is 0.383 e. The van der Waals surface area contributed by atoms with Crippen molar-refractivity contribution >= 4 is 16.9 Å². The fraction of sp³-hybridized carbons (Fsp3) is 0.350. The first-order chi connectivity index (χ1) is 13.5. The molecule has 1 atom stereocenters. The second kappa shape index (κ2) is 6.79. The molecule has 0 fully saturated rings. The minimum Gasteiger partial charge on any atom is -0.383 e. The first-order valence-electron chi connectivity index (χ1n) is 9.19. The highest BCUT2D eigenvalue weighted by Gasteiger charge is 2.22. The number of fused-ring (bicyclic) bond motifs is 3. The maximum absolute atomic E-state index is 13.1. The average molecular weight is 381 g/mol. The molecule has 3 aromatic heterocycles. The van der Waals surface area contributed by atoms with Crippen LogP contribution in [0.2, 0.25) is 0 Å². The van der Waals surface area contributed by atoms with E-state index in [1.807, 2.05) is 31.3 Å². The summed E-state index contributed by atoms with van der Waals surface area (Å²) in [5, 5.41) is 0. The third-order valence-corrected chi connectivity index (χ3v) is 5.26. The number of aryl methyl sites for hydroxylation is 2. The molecule has 4 rings (SSSR count). The number of methoxy groups -OCH3 is 1. The highest BCUT2D eigenvalue weighted by Crippen LogP contribution is 2.25. The third-order valence-electron chi connectivity index (χ3n) is 5.26. The molecule has 1 aromatic carbocycles. The number of benzene rings is 1. The summed E-state index contributed by atoms with van der Waals surface area (Å²) in [6, 6.07) is 10.1. The molecule has 28 heavy (non-hydrogen) atoms. The van der Waals surface area contributed by atoms with E-state index >= 15 is 0 Å². The van der Waals surface area contributed by atoms with Crippen molar-refractivity contribution in [3.8, 4) is 0 Å². The van der Waals surface area contributed by atoms with E-state index < -0.39 is 5.69 Å². The number of imidazole rings is 2. The van der Waals surface area contributed by atoms with Crippen LogP contribution in [0, 0.1) is 6.92 Å². The molecule has 0 amide bonds. The van der Waals surface area contributed by atoms with Gasteiger partial charge in [-0.05, 0) is 19.4 Å². The van der Waals surface area contributed by atoms with Gasteiger partial charge < -0.3 is 9.30 Å². The van der Waals surface area contributed by atoms with E-state index in [2.05, 4.69) is 28.6 Å². The molecule has 0 bridgehead atoms. The number of hydrogen-bond acceptors (Lipinski definition) is 4. The Bertz CT molecular complexity index is 1280. The smallest absolute Gasteiger partial charge is 0.332 e. The number of hydrogen-bond donors (Lipinski definition) is 0. The maximum atomic E-state index is 13.1. The van der Waals surface area contributed by atoms with Crippen molar-refractivity contribution in [2.45, 2.75) is 26.4 Å². The number of ether oxygens (including phenoxy) is 1. The molecule has 0 saturated heterocycles. The normalized spacial score (nSPS) is 12.9. The van der Waals surface area contributed by atoms with Crippen LogP contribution in [0.15, 0.2) is 46.1 Å². The van der Waals surface area contributed by atoms with Crippen LogP contribution >= 0.6 is 0 Å². The molecular formula is C20H23N5O3. The molecule has 3 heterocycles. The molecule has 0 saturated carbocycles. The Kier molecular flexibility index (Phi) is 4.43. The van der Waals surface area contributed by atoms with Crippen molar-refractivity contribution in [1.29, 1.82) is 0 Å². The van der Waals surface area contributed by atoms with E-state index in [4.69, 9.17) is 4.74 Å². The summed E-state index contributed by atoms with van der Waals surface area (Å²) < 4.78 is 11.5. The van der Waals surface area contributed by atoms with Crippen molar-refractivity contribution in [3.05, 3.63) is 68.6 Å². The first kappa shape index (κ1) is 18.2. The van der Waals surface area contributed by atoms with E-state index in [1.54, 1.807) is 18.6 Å². The molecule has 0 aliphatic heterocycles. The van der Waals surface area contributed by atoms with Crippen LogP contribution in [0.25, 0.3) is 16.9 Å². The number of rotatable bonds is 5. The lowest BCUT2D eigenvalue weighted by Crippen LogP contribution is -2.40. The van der Waals surface area contributed by atoms with Gasteiger partial charge >= 0.3 is 5.69 Å². The second-order valence-corrected chi connectivity index (χ2v) is 6.97. The van der Waals surface area contributed by atoms with Gasteiger partial charge in [0.2, 0.25) is 5.78 Å². The fourth-order valence-corrected chi connectivity index (χ4v) is 3.77. The number of aromatic nitrogens is 5. The van der Waals surface area contributed by atoms with Gasteiger partial charge in [-0.2, -0.15) is 4.98 Å². The summed E-state index contributed by atoms with van der Waals surface area (Å²) in [5.41, 5.74) is 2.16. The summed E-state index contributed by atoms with van der Waals surface area (Å²) in [6.07, 6.45) is 1.90. The summed E-state index contributed by atoms with van der Waals surface area (Å²) in [4.78, 5) is 30.4. The Balaban J connectivity index is 2.01. The lowest BCUT2D eigenvalue weighted by atomic mass is 10.1. The third kappa shape index (κ3) is 2.60. The zero-order valence-corrected chi connectivity index (χ0v) is 16.4. The summed E-state index contributed by atoms with van der Waals surface area (Å²) in [6.45, 7) is 4.57. The monoisotopic (exact) mass is 381 g/mol. The minimum absolute atomic E-state index is 0.0308. The van der Waals surface area contributed by atoms with E-state index in [1.165, 1.54) is 9.13 Å². The fourth-order valence-electron chi connectivity index (χ4n) is 3.77. The van der Waals surface area contributed by atoms with Crippen LogP contribution in [0.5, 0.6) is 0 Å². The van der Waals surface area contributed by atoms with E-state index in [-0.39, 0.29) is 24.8 Å². The van der Waals surface area contributed by atoms with Crippen molar-refractivity contribution < 1.29 is 4.74 Å². The van der Waals surface area contributed by atoms with E-state index in [0.717, 1.165) is 11.3 Å². The lowest BCUT2D eigenvalue weighted by molar-refractivity contribution is 0.184. The first-order valence-corrected chi connectivity index (χ1v) is 9.19. The van der Waals surface area contributed by atoms with Crippen LogP contribution in [0.1, 0.15) is 24.2 Å². The zero-order chi connectivity index (χ0) is 20.0. The molecule has 8 nitrogen and oxygen atoms in total. The molecule has 0 aliphatic rings.